The highest BCUT2D eigenvalue weighted by atomic mass is 16.5. The van der Waals surface area contributed by atoms with Crippen LogP contribution in [0.25, 0.3) is 0 Å². The summed E-state index contributed by atoms with van der Waals surface area (Å²) in [6, 6.07) is 13.7. The van der Waals surface area contributed by atoms with Crippen LogP contribution in [0.2, 0.25) is 0 Å². The first-order chi connectivity index (χ1) is 12.9. The van der Waals surface area contributed by atoms with Crippen LogP contribution in [0, 0.1) is 12.3 Å². The van der Waals surface area contributed by atoms with E-state index in [2.05, 4.69) is 0 Å². The Morgan fingerprint density at radius 3 is 2.22 bits per heavy atom. The average molecular weight is 362 g/mol. The number of hydrogen-bond donors (Lipinski definition) is 1. The van der Waals surface area contributed by atoms with Crippen LogP contribution < -0.4 is 19.4 Å². The van der Waals surface area contributed by atoms with Gasteiger partial charge in [0.15, 0.2) is 5.78 Å². The molecule has 0 aliphatic carbocycles. The van der Waals surface area contributed by atoms with Gasteiger partial charge in [0.2, 0.25) is 0 Å². The predicted octanol–water partition coefficient (Wildman–Crippen LogP) is 3.17. The minimum absolute atomic E-state index is 0.0463. The fourth-order valence-electron chi connectivity index (χ4n) is 3.87. The van der Waals surface area contributed by atoms with Gasteiger partial charge in [0.05, 0.1) is 25.0 Å². The van der Waals surface area contributed by atoms with E-state index in [4.69, 9.17) is 10.1 Å². The SMILES string of the molecule is COc1ccc(N2CC(=O)C(=C3N(C)c4ccccc4N3C)C2=N)cc1C. The molecular formula is C21H22N4O2. The summed E-state index contributed by atoms with van der Waals surface area (Å²) in [6.45, 7) is 2.12. The van der Waals surface area contributed by atoms with Crippen LogP contribution in [0.15, 0.2) is 53.9 Å². The highest BCUT2D eigenvalue weighted by Crippen LogP contribution is 2.42. The minimum Gasteiger partial charge on any atom is -0.496 e. The van der Waals surface area contributed by atoms with E-state index in [0.29, 0.717) is 5.57 Å². The normalized spacial score (nSPS) is 16.5. The monoisotopic (exact) mass is 362 g/mol. The first-order valence-electron chi connectivity index (χ1n) is 8.79. The number of carbonyl (C=O) groups excluding carboxylic acids is 1. The Balaban J connectivity index is 1.76. The lowest BCUT2D eigenvalue weighted by Crippen LogP contribution is -2.29. The summed E-state index contributed by atoms with van der Waals surface area (Å²) < 4.78 is 5.32. The summed E-state index contributed by atoms with van der Waals surface area (Å²) in [5.74, 6) is 1.72. The number of ketones is 1. The van der Waals surface area contributed by atoms with Gasteiger partial charge in [-0.15, -0.1) is 0 Å². The van der Waals surface area contributed by atoms with E-state index in [1.165, 1.54) is 0 Å². The highest BCUT2D eigenvalue weighted by molar-refractivity contribution is 6.34. The molecule has 6 nitrogen and oxygen atoms in total. The van der Waals surface area contributed by atoms with Crippen LogP contribution >= 0.6 is 0 Å². The number of fused-ring (bicyclic) bond motifs is 1. The van der Waals surface area contributed by atoms with Gasteiger partial charge in [-0.3, -0.25) is 10.2 Å². The first kappa shape index (κ1) is 17.1. The number of rotatable bonds is 2. The number of anilines is 3. The van der Waals surface area contributed by atoms with Crippen molar-refractivity contribution in [3.05, 3.63) is 59.4 Å². The topological polar surface area (TPSA) is 59.9 Å². The van der Waals surface area contributed by atoms with Crippen molar-refractivity contribution in [1.29, 1.82) is 5.41 Å². The molecule has 2 aliphatic heterocycles. The van der Waals surface area contributed by atoms with Gasteiger partial charge in [0.1, 0.15) is 23.0 Å². The molecule has 2 aromatic rings. The molecule has 2 aromatic carbocycles. The number of para-hydroxylation sites is 2. The minimum atomic E-state index is -0.0463. The van der Waals surface area contributed by atoms with Crippen molar-refractivity contribution in [3.63, 3.8) is 0 Å². The Bertz CT molecular complexity index is 964. The molecule has 0 saturated carbocycles. The maximum atomic E-state index is 12.9. The Labute approximate surface area is 158 Å². The molecule has 1 N–H and O–H groups in total. The van der Waals surface area contributed by atoms with E-state index in [9.17, 15) is 4.79 Å². The second kappa shape index (κ2) is 6.16. The largest absolute Gasteiger partial charge is 0.496 e. The van der Waals surface area contributed by atoms with E-state index in [0.717, 1.165) is 34.2 Å². The zero-order chi connectivity index (χ0) is 19.3. The lowest BCUT2D eigenvalue weighted by Gasteiger charge is -2.22. The summed E-state index contributed by atoms with van der Waals surface area (Å²) in [5, 5.41) is 8.71. The van der Waals surface area contributed by atoms with Gasteiger partial charge in [-0.05, 0) is 42.8 Å². The summed E-state index contributed by atoms with van der Waals surface area (Å²) >= 11 is 0. The molecule has 1 saturated heterocycles. The number of methoxy groups -OCH3 is 1. The van der Waals surface area contributed by atoms with E-state index in [-0.39, 0.29) is 18.2 Å². The molecule has 2 aliphatic rings. The summed E-state index contributed by atoms with van der Waals surface area (Å²) in [7, 11) is 5.51. The Kier molecular flexibility index (Phi) is 3.91. The number of nitrogens with zero attached hydrogens (tertiary/aromatic N) is 3. The van der Waals surface area contributed by atoms with Crippen molar-refractivity contribution < 1.29 is 9.53 Å². The van der Waals surface area contributed by atoms with Crippen molar-refractivity contribution in [2.24, 2.45) is 0 Å². The molecule has 0 radical (unpaired) electrons. The van der Waals surface area contributed by atoms with Gasteiger partial charge >= 0.3 is 0 Å². The van der Waals surface area contributed by atoms with Crippen LogP contribution in [0.3, 0.4) is 0 Å². The molecule has 1 fully saturated rings. The molecule has 0 bridgehead atoms. The van der Waals surface area contributed by atoms with Gasteiger partial charge in [-0.2, -0.15) is 0 Å². The number of ether oxygens (including phenoxy) is 1. The van der Waals surface area contributed by atoms with Crippen LogP contribution in [-0.2, 0) is 4.79 Å². The van der Waals surface area contributed by atoms with Gasteiger partial charge < -0.3 is 19.4 Å². The molecule has 0 unspecified atom stereocenters. The molecule has 0 spiro atoms. The van der Waals surface area contributed by atoms with Gasteiger partial charge in [-0.25, -0.2) is 0 Å². The number of Topliss-reactive ketones (excluding diaryl/α,β-unsaturated/α-hetero) is 1. The van der Waals surface area contributed by atoms with Crippen molar-refractivity contribution >= 4 is 28.7 Å². The summed E-state index contributed by atoms with van der Waals surface area (Å²) in [6.07, 6.45) is 0. The second-order valence-corrected chi connectivity index (χ2v) is 6.82. The molecule has 0 aromatic heterocycles. The third-order valence-corrected chi connectivity index (χ3v) is 5.24. The number of benzene rings is 2. The fraction of sp³-hybridized carbons (Fsp3) is 0.238. The zero-order valence-electron chi connectivity index (χ0n) is 15.9. The third kappa shape index (κ3) is 2.48. The predicted molar refractivity (Wildman–Crippen MR) is 108 cm³/mol. The summed E-state index contributed by atoms with van der Waals surface area (Å²) in [5.41, 5.74) is 4.30. The fourth-order valence-corrected chi connectivity index (χ4v) is 3.87. The molecule has 2 heterocycles. The lowest BCUT2D eigenvalue weighted by molar-refractivity contribution is -0.113. The second-order valence-electron chi connectivity index (χ2n) is 6.82. The number of carbonyl (C=O) groups is 1. The zero-order valence-corrected chi connectivity index (χ0v) is 15.9. The average Bonchev–Trinajstić information content (AvgIpc) is 3.09. The van der Waals surface area contributed by atoms with Gasteiger partial charge in [0.25, 0.3) is 0 Å². The Morgan fingerprint density at radius 2 is 1.67 bits per heavy atom. The Morgan fingerprint density at radius 1 is 1.04 bits per heavy atom. The molecule has 0 amide bonds. The first-order valence-corrected chi connectivity index (χ1v) is 8.79. The van der Waals surface area contributed by atoms with Crippen molar-refractivity contribution in [1.82, 2.24) is 0 Å². The highest BCUT2D eigenvalue weighted by Gasteiger charge is 2.39. The summed E-state index contributed by atoms with van der Waals surface area (Å²) in [4.78, 5) is 18.6. The smallest absolute Gasteiger partial charge is 0.189 e. The molecule has 4 rings (SSSR count). The maximum Gasteiger partial charge on any atom is 0.189 e. The van der Waals surface area contributed by atoms with Crippen LogP contribution in [-0.4, -0.2) is 39.4 Å². The standard InChI is InChI=1S/C21H22N4O2/c1-13-11-14(9-10-18(13)27-4)25-12-17(26)19(20(25)22)21-23(2)15-7-5-6-8-16(15)24(21)3/h5-11,22H,12H2,1-4H3. The number of nitrogens with one attached hydrogen (secondary N) is 1. The number of aryl methyl sites for hydroxylation is 1. The quantitative estimate of drug-likeness (QED) is 0.832. The molecule has 27 heavy (non-hydrogen) atoms. The van der Waals surface area contributed by atoms with Crippen LogP contribution in [0.1, 0.15) is 5.56 Å². The number of amidine groups is 1. The molecule has 6 heteroatoms. The number of hydrogen-bond acceptors (Lipinski definition) is 5. The van der Waals surface area contributed by atoms with E-state index in [1.807, 2.05) is 73.3 Å². The van der Waals surface area contributed by atoms with Gasteiger partial charge in [0, 0.05) is 19.8 Å². The van der Waals surface area contributed by atoms with Crippen LogP contribution in [0.5, 0.6) is 5.75 Å². The third-order valence-electron chi connectivity index (χ3n) is 5.24. The Hall–Kier alpha value is -3.28. The maximum absolute atomic E-state index is 12.9. The van der Waals surface area contributed by atoms with E-state index >= 15 is 0 Å². The molecular weight excluding hydrogens is 340 g/mol. The van der Waals surface area contributed by atoms with E-state index in [1.54, 1.807) is 12.0 Å². The van der Waals surface area contributed by atoms with Crippen molar-refractivity contribution in [2.75, 3.05) is 42.4 Å². The molecule has 138 valence electrons. The van der Waals surface area contributed by atoms with Crippen molar-refractivity contribution in [3.8, 4) is 5.75 Å². The lowest BCUT2D eigenvalue weighted by atomic mass is 10.1. The van der Waals surface area contributed by atoms with Gasteiger partial charge in [-0.1, -0.05) is 12.1 Å². The van der Waals surface area contributed by atoms with Crippen LogP contribution in [0.4, 0.5) is 17.1 Å². The van der Waals surface area contributed by atoms with E-state index < -0.39 is 0 Å². The van der Waals surface area contributed by atoms with Crippen molar-refractivity contribution in [2.45, 2.75) is 6.92 Å². The molecule has 0 atom stereocenters.